The Kier molecular flexibility index (Phi) is 5.13. The molecule has 3 rings (SSSR count). The number of rotatable bonds is 6. The van der Waals surface area contributed by atoms with Crippen molar-refractivity contribution in [2.45, 2.75) is 0 Å². The van der Waals surface area contributed by atoms with E-state index in [1.807, 2.05) is 0 Å². The molecule has 1 heterocycles. The molecule has 0 bridgehead atoms. The number of carbonyl (C=O) groups is 1. The molecule has 0 N–H and O–H groups in total. The largest absolute Gasteiger partial charge is 0.490 e. The van der Waals surface area contributed by atoms with Gasteiger partial charge in [-0.15, -0.1) is 0 Å². The maximum Gasteiger partial charge on any atom is 0.286 e. The summed E-state index contributed by atoms with van der Waals surface area (Å²) in [7, 11) is 1.53. The van der Waals surface area contributed by atoms with Gasteiger partial charge in [0.15, 0.2) is 11.5 Å². The summed E-state index contributed by atoms with van der Waals surface area (Å²) in [5.74, 6) is 0.541. The van der Waals surface area contributed by atoms with Gasteiger partial charge in [-0.1, -0.05) is 23.7 Å². The van der Waals surface area contributed by atoms with Gasteiger partial charge in [-0.05, 0) is 12.1 Å². The number of carbonyl (C=O) groups excluding carboxylic acids is 1. The first kappa shape index (κ1) is 17.8. The number of amides is 1. The molecule has 0 aliphatic carbocycles. The van der Waals surface area contributed by atoms with Crippen LogP contribution >= 0.6 is 11.6 Å². The first-order valence-electron chi connectivity index (χ1n) is 7.68. The van der Waals surface area contributed by atoms with Gasteiger partial charge in [0, 0.05) is 13.1 Å². The lowest BCUT2D eigenvalue weighted by Gasteiger charge is -2.18. The van der Waals surface area contributed by atoms with Crippen molar-refractivity contribution >= 4 is 23.2 Å². The van der Waals surface area contributed by atoms with E-state index < -0.39 is 10.8 Å². The van der Waals surface area contributed by atoms with Gasteiger partial charge < -0.3 is 19.1 Å². The normalized spacial score (nSPS) is 11.9. The highest BCUT2D eigenvalue weighted by molar-refractivity contribution is 6.32. The van der Waals surface area contributed by atoms with Crippen LogP contribution in [-0.4, -0.2) is 42.7 Å². The lowest BCUT2D eigenvalue weighted by Crippen LogP contribution is -2.31. The van der Waals surface area contributed by atoms with Crippen LogP contribution in [0.5, 0.6) is 17.2 Å². The van der Waals surface area contributed by atoms with E-state index in [0.29, 0.717) is 16.5 Å². The fraction of sp³-hybridized carbons (Fsp3) is 0.235. The van der Waals surface area contributed by atoms with E-state index in [0.717, 1.165) is 0 Å². The Morgan fingerprint density at radius 2 is 2.00 bits per heavy atom. The Balaban J connectivity index is 1.70. The molecule has 136 valence electrons. The number of fused-ring (bicyclic) bond motifs is 1. The van der Waals surface area contributed by atoms with Gasteiger partial charge in [-0.3, -0.25) is 14.9 Å². The van der Waals surface area contributed by atoms with Crippen molar-refractivity contribution in [2.24, 2.45) is 0 Å². The molecule has 0 spiro atoms. The summed E-state index contributed by atoms with van der Waals surface area (Å²) in [6.45, 7) is 0.367. The van der Waals surface area contributed by atoms with Crippen LogP contribution in [0.4, 0.5) is 5.69 Å². The molecule has 2 aromatic rings. The number of hydrogen-bond donors (Lipinski definition) is 0. The molecule has 0 saturated carbocycles. The Bertz CT molecular complexity index is 857. The lowest BCUT2D eigenvalue weighted by atomic mass is 10.1. The molecule has 0 saturated heterocycles. The molecule has 0 atom stereocenters. The zero-order chi connectivity index (χ0) is 18.7. The van der Waals surface area contributed by atoms with E-state index in [1.165, 1.54) is 24.1 Å². The van der Waals surface area contributed by atoms with Gasteiger partial charge in [0.25, 0.3) is 11.6 Å². The number of halogens is 1. The molecule has 1 amide bonds. The van der Waals surface area contributed by atoms with Crippen molar-refractivity contribution in [3.8, 4) is 17.2 Å². The third-order valence-electron chi connectivity index (χ3n) is 3.79. The second-order valence-corrected chi connectivity index (χ2v) is 5.89. The molecule has 26 heavy (non-hydrogen) atoms. The Morgan fingerprint density at radius 3 is 2.69 bits per heavy atom. The SMILES string of the molecule is CN(CCOc1ccccc1Cl)C(=O)c1cc2c(cc1[N+](=O)[O-])OCO2. The summed E-state index contributed by atoms with van der Waals surface area (Å²) in [5.41, 5.74) is -0.405. The van der Waals surface area contributed by atoms with Gasteiger partial charge in [-0.2, -0.15) is 0 Å². The van der Waals surface area contributed by atoms with E-state index in [2.05, 4.69) is 0 Å². The van der Waals surface area contributed by atoms with Crippen molar-refractivity contribution in [2.75, 3.05) is 27.0 Å². The Hall–Kier alpha value is -3.00. The quantitative estimate of drug-likeness (QED) is 0.566. The number of nitrogens with zero attached hydrogens (tertiary/aromatic N) is 2. The summed E-state index contributed by atoms with van der Waals surface area (Å²) in [6, 6.07) is 9.50. The smallest absolute Gasteiger partial charge is 0.286 e. The molecule has 0 fully saturated rings. The standard InChI is InChI=1S/C17H15ClN2O6/c1-19(6-7-24-14-5-3-2-4-12(14)18)17(21)11-8-15-16(26-10-25-15)9-13(11)20(22)23/h2-5,8-9H,6-7,10H2,1H3. The lowest BCUT2D eigenvalue weighted by molar-refractivity contribution is -0.385. The molecule has 8 nitrogen and oxygen atoms in total. The minimum Gasteiger partial charge on any atom is -0.490 e. The molecular formula is C17H15ClN2O6. The van der Waals surface area contributed by atoms with Gasteiger partial charge in [-0.25, -0.2) is 0 Å². The van der Waals surface area contributed by atoms with Crippen LogP contribution in [0.15, 0.2) is 36.4 Å². The van der Waals surface area contributed by atoms with Gasteiger partial charge in [0.05, 0.1) is 22.6 Å². The number of nitro benzene ring substituents is 1. The monoisotopic (exact) mass is 378 g/mol. The summed E-state index contributed by atoms with van der Waals surface area (Å²) < 4.78 is 15.9. The van der Waals surface area contributed by atoms with E-state index in [1.54, 1.807) is 24.3 Å². The van der Waals surface area contributed by atoms with Crippen LogP contribution in [0.2, 0.25) is 5.02 Å². The number of benzene rings is 2. The van der Waals surface area contributed by atoms with E-state index in [4.69, 9.17) is 25.8 Å². The highest BCUT2D eigenvalue weighted by Gasteiger charge is 2.28. The highest BCUT2D eigenvalue weighted by Crippen LogP contribution is 2.38. The maximum absolute atomic E-state index is 12.6. The molecule has 1 aliphatic rings. The predicted octanol–water partition coefficient (Wildman–Crippen LogP) is 3.13. The van der Waals surface area contributed by atoms with Crippen LogP contribution in [0.25, 0.3) is 0 Å². The number of hydrogen-bond acceptors (Lipinski definition) is 6. The predicted molar refractivity (Wildman–Crippen MR) is 93.1 cm³/mol. The van der Waals surface area contributed by atoms with Crippen LogP contribution in [0.1, 0.15) is 10.4 Å². The summed E-state index contributed by atoms with van der Waals surface area (Å²) in [5, 5.41) is 11.7. The average molecular weight is 379 g/mol. The number of likely N-dealkylation sites (N-methyl/N-ethyl adjacent to an activating group) is 1. The maximum atomic E-state index is 12.6. The third kappa shape index (κ3) is 3.65. The molecule has 1 aliphatic heterocycles. The van der Waals surface area contributed by atoms with Crippen molar-refractivity contribution < 1.29 is 23.9 Å². The first-order chi connectivity index (χ1) is 12.5. The Labute approximate surface area is 154 Å². The third-order valence-corrected chi connectivity index (χ3v) is 4.10. The van der Waals surface area contributed by atoms with Gasteiger partial charge in [0.1, 0.15) is 17.9 Å². The van der Waals surface area contributed by atoms with E-state index in [-0.39, 0.29) is 36.9 Å². The number of ether oxygens (including phenoxy) is 3. The topological polar surface area (TPSA) is 91.1 Å². The second-order valence-electron chi connectivity index (χ2n) is 5.49. The molecule has 0 aromatic heterocycles. The highest BCUT2D eigenvalue weighted by atomic mass is 35.5. The van der Waals surface area contributed by atoms with E-state index in [9.17, 15) is 14.9 Å². The Morgan fingerprint density at radius 1 is 1.31 bits per heavy atom. The number of para-hydroxylation sites is 1. The first-order valence-corrected chi connectivity index (χ1v) is 8.06. The summed E-state index contributed by atoms with van der Waals surface area (Å²) in [4.78, 5) is 24.6. The van der Waals surface area contributed by atoms with Crippen molar-refractivity contribution in [1.29, 1.82) is 0 Å². The number of nitro groups is 1. The van der Waals surface area contributed by atoms with Gasteiger partial charge >= 0.3 is 0 Å². The van der Waals surface area contributed by atoms with Crippen molar-refractivity contribution in [3.63, 3.8) is 0 Å². The zero-order valence-corrected chi connectivity index (χ0v) is 14.6. The summed E-state index contributed by atoms with van der Waals surface area (Å²) >= 11 is 6.00. The molecular weight excluding hydrogens is 364 g/mol. The fourth-order valence-electron chi connectivity index (χ4n) is 2.42. The van der Waals surface area contributed by atoms with E-state index >= 15 is 0 Å². The molecule has 2 aromatic carbocycles. The van der Waals surface area contributed by atoms with Crippen molar-refractivity contribution in [3.05, 3.63) is 57.1 Å². The molecule has 0 radical (unpaired) electrons. The molecule has 9 heteroatoms. The second kappa shape index (κ2) is 7.49. The minimum atomic E-state index is -0.622. The van der Waals surface area contributed by atoms with Crippen LogP contribution in [0.3, 0.4) is 0 Å². The zero-order valence-electron chi connectivity index (χ0n) is 13.8. The molecule has 0 unspecified atom stereocenters. The van der Waals surface area contributed by atoms with Crippen LogP contribution < -0.4 is 14.2 Å². The summed E-state index contributed by atoms with van der Waals surface area (Å²) in [6.07, 6.45) is 0. The van der Waals surface area contributed by atoms with Crippen molar-refractivity contribution in [1.82, 2.24) is 4.90 Å². The van der Waals surface area contributed by atoms with Crippen LogP contribution in [-0.2, 0) is 0 Å². The average Bonchev–Trinajstić information content (AvgIpc) is 3.09. The fourth-order valence-corrected chi connectivity index (χ4v) is 2.61. The van der Waals surface area contributed by atoms with Crippen LogP contribution in [0, 0.1) is 10.1 Å². The minimum absolute atomic E-state index is 0.0361. The van der Waals surface area contributed by atoms with Gasteiger partial charge in [0.2, 0.25) is 6.79 Å².